The van der Waals surface area contributed by atoms with Gasteiger partial charge in [0.15, 0.2) is 0 Å². The van der Waals surface area contributed by atoms with Gasteiger partial charge in [-0.2, -0.15) is 0 Å². The van der Waals surface area contributed by atoms with Gasteiger partial charge in [0.1, 0.15) is 11.6 Å². The average Bonchev–Trinajstić information content (AvgIpc) is 2.68. The van der Waals surface area contributed by atoms with Crippen molar-refractivity contribution in [2.45, 2.75) is 19.3 Å². The molecule has 2 aromatic rings. The van der Waals surface area contributed by atoms with E-state index in [0.717, 1.165) is 22.4 Å². The predicted octanol–water partition coefficient (Wildman–Crippen LogP) is 3.74. The van der Waals surface area contributed by atoms with Gasteiger partial charge in [0.25, 0.3) is 0 Å². The fraction of sp³-hybridized carbons (Fsp3) is 0.250. The quantitative estimate of drug-likeness (QED) is 0.790. The van der Waals surface area contributed by atoms with Crippen LogP contribution in [0.2, 0.25) is 0 Å². The third-order valence-electron chi connectivity index (χ3n) is 3.62. The second-order valence-electron chi connectivity index (χ2n) is 5.62. The van der Waals surface area contributed by atoms with Crippen LogP contribution >= 0.6 is 0 Å². The molecule has 3 rings (SSSR count). The molecule has 0 spiro atoms. The van der Waals surface area contributed by atoms with E-state index in [2.05, 4.69) is 13.8 Å². The van der Waals surface area contributed by atoms with E-state index in [9.17, 15) is 4.39 Å². The van der Waals surface area contributed by atoms with Gasteiger partial charge in [-0.15, -0.1) is 0 Å². The first kappa shape index (κ1) is 12.0. The normalized spacial score (nSPS) is 15.9. The van der Waals surface area contributed by atoms with Gasteiger partial charge in [0, 0.05) is 22.2 Å². The summed E-state index contributed by atoms with van der Waals surface area (Å²) in [5.41, 5.74) is 9.30. The molecule has 0 amide bonds. The minimum Gasteiger partial charge on any atom is -0.492 e. The van der Waals surface area contributed by atoms with E-state index >= 15 is 0 Å². The number of nitrogen functional groups attached to an aromatic ring is 1. The molecule has 19 heavy (non-hydrogen) atoms. The van der Waals surface area contributed by atoms with E-state index in [1.54, 1.807) is 6.07 Å². The highest BCUT2D eigenvalue weighted by Gasteiger charge is 2.31. The van der Waals surface area contributed by atoms with Crippen LogP contribution in [0.1, 0.15) is 19.4 Å². The van der Waals surface area contributed by atoms with Crippen LogP contribution in [-0.2, 0) is 5.41 Å². The largest absolute Gasteiger partial charge is 0.492 e. The van der Waals surface area contributed by atoms with Gasteiger partial charge in [0.05, 0.1) is 6.61 Å². The van der Waals surface area contributed by atoms with E-state index in [1.165, 1.54) is 12.1 Å². The fourth-order valence-corrected chi connectivity index (χ4v) is 2.47. The molecule has 0 aliphatic carbocycles. The molecule has 2 aromatic carbocycles. The van der Waals surface area contributed by atoms with Gasteiger partial charge >= 0.3 is 0 Å². The fourth-order valence-electron chi connectivity index (χ4n) is 2.47. The molecule has 0 bridgehead atoms. The number of hydrogen-bond acceptors (Lipinski definition) is 2. The van der Waals surface area contributed by atoms with Crippen molar-refractivity contribution >= 4 is 5.69 Å². The zero-order chi connectivity index (χ0) is 13.6. The standard InChI is InChI=1S/C16H16FNO/c1-16(2)9-19-15-6-3-10(7-13(15)16)12-8-11(17)4-5-14(12)18/h3-8H,9,18H2,1-2H3. The first-order valence-electron chi connectivity index (χ1n) is 6.30. The molecule has 2 nitrogen and oxygen atoms in total. The average molecular weight is 257 g/mol. The Hall–Kier alpha value is -2.03. The highest BCUT2D eigenvalue weighted by molar-refractivity contribution is 5.77. The summed E-state index contributed by atoms with van der Waals surface area (Å²) < 4.78 is 19.0. The zero-order valence-electron chi connectivity index (χ0n) is 11.0. The van der Waals surface area contributed by atoms with E-state index in [-0.39, 0.29) is 11.2 Å². The van der Waals surface area contributed by atoms with E-state index in [1.807, 2.05) is 18.2 Å². The Morgan fingerprint density at radius 2 is 1.95 bits per heavy atom. The number of fused-ring (bicyclic) bond motifs is 1. The van der Waals surface area contributed by atoms with E-state index in [4.69, 9.17) is 10.5 Å². The van der Waals surface area contributed by atoms with Crippen molar-refractivity contribution in [3.63, 3.8) is 0 Å². The summed E-state index contributed by atoms with van der Waals surface area (Å²) in [5.74, 6) is 0.629. The number of hydrogen-bond donors (Lipinski definition) is 1. The lowest BCUT2D eigenvalue weighted by atomic mass is 9.85. The molecule has 0 unspecified atom stereocenters. The first-order valence-corrected chi connectivity index (χ1v) is 6.30. The summed E-state index contributed by atoms with van der Waals surface area (Å²) >= 11 is 0. The van der Waals surface area contributed by atoms with Crippen molar-refractivity contribution in [2.24, 2.45) is 0 Å². The molecule has 98 valence electrons. The number of ether oxygens (including phenoxy) is 1. The molecule has 1 aliphatic rings. The third kappa shape index (κ3) is 1.95. The van der Waals surface area contributed by atoms with Crippen LogP contribution in [-0.4, -0.2) is 6.61 Å². The van der Waals surface area contributed by atoms with Crippen LogP contribution in [0.5, 0.6) is 5.75 Å². The highest BCUT2D eigenvalue weighted by Crippen LogP contribution is 2.41. The summed E-state index contributed by atoms with van der Waals surface area (Å²) in [7, 11) is 0. The van der Waals surface area contributed by atoms with E-state index < -0.39 is 0 Å². The molecule has 0 radical (unpaired) electrons. The molecule has 3 heteroatoms. The molecule has 0 atom stereocenters. The smallest absolute Gasteiger partial charge is 0.123 e. The lowest BCUT2D eigenvalue weighted by molar-refractivity contribution is 0.291. The number of rotatable bonds is 1. The minimum absolute atomic E-state index is 0.0204. The second kappa shape index (κ2) is 3.98. The Morgan fingerprint density at radius 1 is 1.16 bits per heavy atom. The number of nitrogens with two attached hydrogens (primary N) is 1. The van der Waals surface area contributed by atoms with Crippen LogP contribution in [0.25, 0.3) is 11.1 Å². The van der Waals surface area contributed by atoms with Crippen LogP contribution in [0.3, 0.4) is 0 Å². The van der Waals surface area contributed by atoms with Gasteiger partial charge in [0.2, 0.25) is 0 Å². The van der Waals surface area contributed by atoms with Gasteiger partial charge in [-0.25, -0.2) is 4.39 Å². The Morgan fingerprint density at radius 3 is 2.74 bits per heavy atom. The maximum atomic E-state index is 13.4. The highest BCUT2D eigenvalue weighted by atomic mass is 19.1. The number of halogens is 1. The number of anilines is 1. The molecule has 0 saturated carbocycles. The van der Waals surface area contributed by atoms with Crippen LogP contribution in [0.4, 0.5) is 10.1 Å². The lowest BCUT2D eigenvalue weighted by Crippen LogP contribution is -2.18. The first-order chi connectivity index (χ1) is 8.97. The van der Waals surface area contributed by atoms with E-state index in [0.29, 0.717) is 12.3 Å². The summed E-state index contributed by atoms with van der Waals surface area (Å²) in [4.78, 5) is 0. The molecule has 0 saturated heterocycles. The van der Waals surface area contributed by atoms with Crippen molar-refractivity contribution < 1.29 is 9.13 Å². The Bertz CT molecular complexity index is 649. The van der Waals surface area contributed by atoms with Crippen molar-refractivity contribution in [3.05, 3.63) is 47.8 Å². The molecule has 1 heterocycles. The second-order valence-corrected chi connectivity index (χ2v) is 5.62. The van der Waals surface area contributed by atoms with Gasteiger partial charge in [-0.3, -0.25) is 0 Å². The van der Waals surface area contributed by atoms with Crippen LogP contribution < -0.4 is 10.5 Å². The van der Waals surface area contributed by atoms with Crippen molar-refractivity contribution in [2.75, 3.05) is 12.3 Å². The van der Waals surface area contributed by atoms with Gasteiger partial charge in [-0.1, -0.05) is 19.9 Å². The predicted molar refractivity (Wildman–Crippen MR) is 74.8 cm³/mol. The maximum absolute atomic E-state index is 13.4. The SMILES string of the molecule is CC1(C)COc2ccc(-c3cc(F)ccc3N)cc21. The topological polar surface area (TPSA) is 35.2 Å². The monoisotopic (exact) mass is 257 g/mol. The van der Waals surface area contributed by atoms with Crippen LogP contribution in [0, 0.1) is 5.82 Å². The molecule has 1 aliphatic heterocycles. The summed E-state index contributed by atoms with van der Waals surface area (Å²) in [6.07, 6.45) is 0. The minimum atomic E-state index is -0.278. The molecule has 0 aromatic heterocycles. The van der Waals surface area contributed by atoms with Crippen LogP contribution in [0.15, 0.2) is 36.4 Å². The lowest BCUT2D eigenvalue weighted by Gasteiger charge is -2.16. The van der Waals surface area contributed by atoms with Crippen molar-refractivity contribution in [3.8, 4) is 16.9 Å². The van der Waals surface area contributed by atoms with Gasteiger partial charge < -0.3 is 10.5 Å². The van der Waals surface area contributed by atoms with Crippen molar-refractivity contribution in [1.29, 1.82) is 0 Å². The molecular weight excluding hydrogens is 241 g/mol. The molecular formula is C16H16FNO. The Kier molecular flexibility index (Phi) is 2.52. The zero-order valence-corrected chi connectivity index (χ0v) is 11.0. The summed E-state index contributed by atoms with van der Waals surface area (Å²) in [6, 6.07) is 10.3. The Balaban J connectivity index is 2.15. The maximum Gasteiger partial charge on any atom is 0.123 e. The van der Waals surface area contributed by atoms with Gasteiger partial charge in [-0.05, 0) is 35.9 Å². The molecule has 0 fully saturated rings. The third-order valence-corrected chi connectivity index (χ3v) is 3.62. The van der Waals surface area contributed by atoms with Crippen molar-refractivity contribution in [1.82, 2.24) is 0 Å². The summed E-state index contributed by atoms with van der Waals surface area (Å²) in [6.45, 7) is 4.94. The Labute approximate surface area is 112 Å². The number of benzene rings is 2. The molecule has 2 N–H and O–H groups in total. The summed E-state index contributed by atoms with van der Waals surface area (Å²) in [5, 5.41) is 0.